The number of carbonyl (C=O) groups excluding carboxylic acids is 1. The molecule has 23 heavy (non-hydrogen) atoms. The average molecular weight is 346 g/mol. The first-order chi connectivity index (χ1) is 11.1. The van der Waals surface area contributed by atoms with Crippen LogP contribution in [0.15, 0.2) is 47.5 Å². The van der Waals surface area contributed by atoms with Crippen LogP contribution in [0.1, 0.15) is 10.4 Å². The summed E-state index contributed by atoms with van der Waals surface area (Å²) in [6.45, 7) is 1.79. The molecule has 0 bridgehead atoms. The largest absolute Gasteiger partial charge is 0.308 e. The lowest BCUT2D eigenvalue weighted by molar-refractivity contribution is 0.100. The number of benzene rings is 2. The van der Waals surface area contributed by atoms with Crippen LogP contribution in [-0.4, -0.2) is 31.4 Å². The molecule has 2 aliphatic heterocycles. The van der Waals surface area contributed by atoms with E-state index < -0.39 is 0 Å². The van der Waals surface area contributed by atoms with Gasteiger partial charge in [0.15, 0.2) is 5.78 Å². The molecule has 2 aromatic rings. The third-order valence-corrected chi connectivity index (χ3v) is 4.60. The molecule has 6 heteroatoms. The lowest BCUT2D eigenvalue weighted by Crippen LogP contribution is -2.38. The van der Waals surface area contributed by atoms with Crippen LogP contribution >= 0.6 is 23.2 Å². The highest BCUT2D eigenvalue weighted by atomic mass is 35.5. The average Bonchev–Trinajstić information content (AvgIpc) is 3.10. The lowest BCUT2D eigenvalue weighted by Gasteiger charge is -2.19. The Balaban J connectivity index is 1.67. The van der Waals surface area contributed by atoms with E-state index in [0.717, 1.165) is 30.4 Å². The molecule has 0 N–H and O–H groups in total. The number of halogens is 2. The highest BCUT2D eigenvalue weighted by Crippen LogP contribution is 2.38. The van der Waals surface area contributed by atoms with Crippen LogP contribution < -0.4 is 9.80 Å². The van der Waals surface area contributed by atoms with Gasteiger partial charge in [-0.25, -0.2) is 0 Å². The predicted octanol–water partition coefficient (Wildman–Crippen LogP) is 3.87. The SMILES string of the molecule is O=C(CN1C2=NCCN2c2ccccc21)c1ccc(Cl)cc1Cl. The molecule has 0 amide bonds. The fourth-order valence-electron chi connectivity index (χ4n) is 3.02. The highest BCUT2D eigenvalue weighted by Gasteiger charge is 2.36. The van der Waals surface area contributed by atoms with Gasteiger partial charge in [0.1, 0.15) is 0 Å². The summed E-state index contributed by atoms with van der Waals surface area (Å²) < 4.78 is 0. The Morgan fingerprint density at radius 2 is 1.91 bits per heavy atom. The van der Waals surface area contributed by atoms with Crippen LogP contribution in [0.3, 0.4) is 0 Å². The third-order valence-electron chi connectivity index (χ3n) is 4.06. The van der Waals surface area contributed by atoms with E-state index in [1.165, 1.54) is 0 Å². The van der Waals surface area contributed by atoms with Gasteiger partial charge in [-0.1, -0.05) is 35.3 Å². The number of ketones is 1. The van der Waals surface area contributed by atoms with Crippen LogP contribution in [0.4, 0.5) is 11.4 Å². The Labute approximate surface area is 143 Å². The topological polar surface area (TPSA) is 35.9 Å². The second-order valence-electron chi connectivity index (χ2n) is 5.46. The Morgan fingerprint density at radius 1 is 1.13 bits per heavy atom. The Morgan fingerprint density at radius 3 is 2.70 bits per heavy atom. The van der Waals surface area contributed by atoms with Crippen molar-refractivity contribution in [2.75, 3.05) is 29.4 Å². The number of hydrogen-bond acceptors (Lipinski definition) is 4. The van der Waals surface area contributed by atoms with Gasteiger partial charge in [-0.05, 0) is 30.3 Å². The first kappa shape index (κ1) is 14.5. The number of aliphatic imine (C=N–C) groups is 1. The van der Waals surface area contributed by atoms with Crippen molar-refractivity contribution >= 4 is 46.3 Å². The number of anilines is 2. The summed E-state index contributed by atoms with van der Waals surface area (Å²) in [5.74, 6) is 0.780. The lowest BCUT2D eigenvalue weighted by atomic mass is 10.1. The second kappa shape index (κ2) is 5.55. The number of Topliss-reactive ketones (excluding diaryl/α,β-unsaturated/α-hetero) is 1. The summed E-state index contributed by atoms with van der Waals surface area (Å²) in [6.07, 6.45) is 0. The van der Waals surface area contributed by atoms with Crippen LogP contribution in [-0.2, 0) is 0 Å². The third kappa shape index (κ3) is 2.38. The van der Waals surface area contributed by atoms with Crippen molar-refractivity contribution in [2.45, 2.75) is 0 Å². The van der Waals surface area contributed by atoms with Gasteiger partial charge in [-0.15, -0.1) is 0 Å². The van der Waals surface area contributed by atoms with Gasteiger partial charge < -0.3 is 9.80 Å². The molecule has 116 valence electrons. The molecule has 4 rings (SSSR count). The van der Waals surface area contributed by atoms with E-state index in [0.29, 0.717) is 15.6 Å². The van der Waals surface area contributed by atoms with Crippen molar-refractivity contribution in [2.24, 2.45) is 4.99 Å². The summed E-state index contributed by atoms with van der Waals surface area (Å²) >= 11 is 12.1. The van der Waals surface area contributed by atoms with Crippen molar-refractivity contribution in [3.05, 3.63) is 58.1 Å². The number of fused-ring (bicyclic) bond motifs is 3. The number of carbonyl (C=O) groups is 1. The fraction of sp³-hybridized carbons (Fsp3) is 0.176. The molecule has 4 nitrogen and oxygen atoms in total. The van der Waals surface area contributed by atoms with Gasteiger partial charge >= 0.3 is 0 Å². The predicted molar refractivity (Wildman–Crippen MR) is 94.2 cm³/mol. The zero-order chi connectivity index (χ0) is 16.0. The molecule has 0 aromatic heterocycles. The molecule has 0 fully saturated rings. The monoisotopic (exact) mass is 345 g/mol. The van der Waals surface area contributed by atoms with Gasteiger partial charge in [0, 0.05) is 17.1 Å². The minimum absolute atomic E-state index is 0.0575. The van der Waals surface area contributed by atoms with Crippen molar-refractivity contribution < 1.29 is 4.79 Å². The maximum atomic E-state index is 12.7. The Hall–Kier alpha value is -2.04. The summed E-state index contributed by atoms with van der Waals surface area (Å²) in [6, 6.07) is 13.0. The summed E-state index contributed by atoms with van der Waals surface area (Å²) in [4.78, 5) is 21.3. The van der Waals surface area contributed by atoms with Gasteiger partial charge in [0.2, 0.25) is 5.96 Å². The number of guanidine groups is 1. The number of hydrogen-bond donors (Lipinski definition) is 0. The van der Waals surface area contributed by atoms with Crippen LogP contribution in [0.2, 0.25) is 10.0 Å². The number of para-hydroxylation sites is 2. The molecule has 2 heterocycles. The van der Waals surface area contributed by atoms with Gasteiger partial charge in [0.25, 0.3) is 0 Å². The zero-order valence-electron chi connectivity index (χ0n) is 12.2. The molecule has 0 unspecified atom stereocenters. The van der Waals surface area contributed by atoms with E-state index in [-0.39, 0.29) is 12.3 Å². The van der Waals surface area contributed by atoms with E-state index in [1.54, 1.807) is 18.2 Å². The molecule has 0 aliphatic carbocycles. The first-order valence-corrected chi connectivity index (χ1v) is 8.07. The molecule has 0 spiro atoms. The molecule has 0 saturated carbocycles. The minimum Gasteiger partial charge on any atom is -0.308 e. The fourth-order valence-corrected chi connectivity index (χ4v) is 3.54. The van der Waals surface area contributed by atoms with Gasteiger partial charge in [0.05, 0.1) is 29.5 Å². The molecule has 0 atom stereocenters. The van der Waals surface area contributed by atoms with Crippen LogP contribution in [0.5, 0.6) is 0 Å². The maximum Gasteiger partial charge on any atom is 0.206 e. The molecular formula is C17H13Cl2N3O. The Kier molecular flexibility index (Phi) is 3.51. The van der Waals surface area contributed by atoms with Crippen molar-refractivity contribution in [3.63, 3.8) is 0 Å². The summed E-state index contributed by atoms with van der Waals surface area (Å²) in [5, 5.41) is 0.893. The van der Waals surface area contributed by atoms with E-state index in [2.05, 4.69) is 16.0 Å². The Bertz CT molecular complexity index is 834. The van der Waals surface area contributed by atoms with Gasteiger partial charge in [-0.3, -0.25) is 9.79 Å². The standard InChI is InChI=1S/C17H13Cl2N3O/c18-11-5-6-12(13(19)9-11)16(23)10-22-15-4-2-1-3-14(15)21-8-7-20-17(21)22/h1-6,9H,7-8,10H2. The summed E-state index contributed by atoms with van der Waals surface area (Å²) in [7, 11) is 0. The smallest absolute Gasteiger partial charge is 0.206 e. The van der Waals surface area contributed by atoms with E-state index in [1.807, 2.05) is 23.1 Å². The number of rotatable bonds is 3. The molecule has 0 saturated heterocycles. The highest BCUT2D eigenvalue weighted by molar-refractivity contribution is 6.37. The zero-order valence-corrected chi connectivity index (χ0v) is 13.7. The number of nitrogens with zero attached hydrogens (tertiary/aromatic N) is 3. The van der Waals surface area contributed by atoms with Crippen molar-refractivity contribution in [3.8, 4) is 0 Å². The molecule has 2 aromatic carbocycles. The van der Waals surface area contributed by atoms with Crippen LogP contribution in [0, 0.1) is 0 Å². The summed E-state index contributed by atoms with van der Waals surface area (Å²) in [5.41, 5.74) is 2.58. The quantitative estimate of drug-likeness (QED) is 0.792. The van der Waals surface area contributed by atoms with Gasteiger partial charge in [-0.2, -0.15) is 0 Å². The molecular weight excluding hydrogens is 333 g/mol. The first-order valence-electron chi connectivity index (χ1n) is 7.32. The van der Waals surface area contributed by atoms with E-state index in [4.69, 9.17) is 23.2 Å². The van der Waals surface area contributed by atoms with E-state index in [9.17, 15) is 4.79 Å². The maximum absolute atomic E-state index is 12.7. The van der Waals surface area contributed by atoms with Crippen molar-refractivity contribution in [1.29, 1.82) is 0 Å². The van der Waals surface area contributed by atoms with Crippen LogP contribution in [0.25, 0.3) is 0 Å². The molecule has 2 aliphatic rings. The minimum atomic E-state index is -0.0575. The van der Waals surface area contributed by atoms with Crippen molar-refractivity contribution in [1.82, 2.24) is 0 Å². The van der Waals surface area contributed by atoms with E-state index >= 15 is 0 Å². The normalized spacial score (nSPS) is 15.5. The molecule has 0 radical (unpaired) electrons. The second-order valence-corrected chi connectivity index (χ2v) is 6.30.